The molecule has 1 aromatic heterocycles. The number of hydrogen-bond acceptors (Lipinski definition) is 1. The van der Waals surface area contributed by atoms with E-state index in [0.717, 1.165) is 10.4 Å². The van der Waals surface area contributed by atoms with E-state index in [9.17, 15) is 0 Å². The summed E-state index contributed by atoms with van der Waals surface area (Å²) in [6.07, 6.45) is 7.81. The van der Waals surface area contributed by atoms with Gasteiger partial charge in [-0.15, -0.1) is 0 Å². The van der Waals surface area contributed by atoms with Crippen molar-refractivity contribution in [2.24, 2.45) is 5.92 Å². The lowest BCUT2D eigenvalue weighted by Crippen LogP contribution is -2.22. The van der Waals surface area contributed by atoms with Crippen LogP contribution in [0, 0.1) is 5.92 Å². The molecule has 1 heterocycles. The molecular weight excluding hydrogens is 194 g/mol. The van der Waals surface area contributed by atoms with Crippen molar-refractivity contribution in [2.75, 3.05) is 0 Å². The zero-order valence-corrected chi connectivity index (χ0v) is 11.1. The number of hydrogen-bond donors (Lipinski definition) is 0. The third-order valence-corrected chi connectivity index (χ3v) is 2.38. The minimum Gasteiger partial charge on any atom is -0.264 e. The fourth-order valence-corrected chi connectivity index (χ4v) is 0.999. The van der Waals surface area contributed by atoms with E-state index in [1.165, 1.54) is 5.57 Å². The molecule has 0 aliphatic carbocycles. The molecule has 0 saturated heterocycles. The maximum atomic E-state index is 4.07. The molecule has 0 aliphatic heterocycles. The smallest absolute Gasteiger partial charge is 0.0346 e. The van der Waals surface area contributed by atoms with Crippen LogP contribution >= 0.6 is 0 Å². The monoisotopic (exact) mass is 217 g/mol. The molecule has 0 amide bonds. The molecule has 1 rings (SSSR count). The molecule has 0 fully saturated rings. The summed E-state index contributed by atoms with van der Waals surface area (Å²) in [5, 5.41) is 2.11. The summed E-state index contributed by atoms with van der Waals surface area (Å²) in [6.45, 7) is 14.5. The summed E-state index contributed by atoms with van der Waals surface area (Å²) in [7, 11) is 0. The first-order chi connectivity index (χ1) is 7.61. The summed E-state index contributed by atoms with van der Waals surface area (Å²) in [4.78, 5) is 4.07. The van der Waals surface area contributed by atoms with E-state index < -0.39 is 0 Å². The van der Waals surface area contributed by atoms with E-state index in [1.807, 2.05) is 26.1 Å². The quantitative estimate of drug-likeness (QED) is 0.742. The van der Waals surface area contributed by atoms with Gasteiger partial charge in [0.25, 0.3) is 0 Å². The fraction of sp³-hybridized carbons (Fsp3) is 0.400. The standard InChI is InChI=1S/C13H17N.C2H6/c1-10(2)11(3)5-6-13-9-14-8-7-12(13)4;1-2/h5-10H,4H2,1-3H3;1-2H3/b11-5+,13-6-;. The third kappa shape index (κ3) is 4.92. The predicted molar refractivity (Wildman–Crippen MR) is 73.4 cm³/mol. The fourth-order valence-electron chi connectivity index (χ4n) is 0.999. The molecule has 1 aromatic rings. The maximum absolute atomic E-state index is 4.07. The highest BCUT2D eigenvalue weighted by molar-refractivity contribution is 5.39. The number of allylic oxidation sites excluding steroid dienone is 2. The second kappa shape index (κ2) is 7.86. The van der Waals surface area contributed by atoms with Crippen molar-refractivity contribution in [1.29, 1.82) is 0 Å². The first-order valence-electron chi connectivity index (χ1n) is 5.88. The van der Waals surface area contributed by atoms with Crippen molar-refractivity contribution in [3.05, 3.63) is 40.5 Å². The first-order valence-corrected chi connectivity index (χ1v) is 5.88. The Morgan fingerprint density at radius 2 is 2.00 bits per heavy atom. The Balaban J connectivity index is 0.00000106. The third-order valence-electron chi connectivity index (χ3n) is 2.38. The van der Waals surface area contributed by atoms with Crippen LogP contribution in [0.25, 0.3) is 12.7 Å². The Kier molecular flexibility index (Phi) is 7.19. The van der Waals surface area contributed by atoms with Gasteiger partial charge in [-0.25, -0.2) is 0 Å². The molecule has 0 atom stereocenters. The Morgan fingerprint density at radius 1 is 1.38 bits per heavy atom. The molecule has 0 radical (unpaired) electrons. The summed E-state index contributed by atoms with van der Waals surface area (Å²) in [5.74, 6) is 0.594. The lowest BCUT2D eigenvalue weighted by Gasteiger charge is -2.01. The van der Waals surface area contributed by atoms with Crippen molar-refractivity contribution in [2.45, 2.75) is 34.6 Å². The maximum Gasteiger partial charge on any atom is 0.0346 e. The summed E-state index contributed by atoms with van der Waals surface area (Å²) >= 11 is 0. The van der Waals surface area contributed by atoms with Crippen LogP contribution in [0.4, 0.5) is 0 Å². The molecule has 0 N–H and O–H groups in total. The highest BCUT2D eigenvalue weighted by Gasteiger charge is 1.92. The second-order valence-corrected chi connectivity index (χ2v) is 3.81. The molecule has 1 nitrogen and oxygen atoms in total. The minimum absolute atomic E-state index is 0.594. The summed E-state index contributed by atoms with van der Waals surface area (Å²) in [5.41, 5.74) is 1.37. The highest BCUT2D eigenvalue weighted by atomic mass is 14.6. The van der Waals surface area contributed by atoms with Gasteiger partial charge in [0.2, 0.25) is 0 Å². The average Bonchev–Trinajstić information content (AvgIpc) is 2.30. The van der Waals surface area contributed by atoms with Gasteiger partial charge in [-0.2, -0.15) is 0 Å². The van der Waals surface area contributed by atoms with Gasteiger partial charge in [-0.05, 0) is 29.3 Å². The Hall–Kier alpha value is -1.37. The number of pyridine rings is 1. The van der Waals surface area contributed by atoms with Gasteiger partial charge < -0.3 is 0 Å². The lowest BCUT2D eigenvalue weighted by molar-refractivity contribution is 0.770. The predicted octanol–water partition coefficient (Wildman–Crippen LogP) is 2.90. The first kappa shape index (κ1) is 14.6. The largest absolute Gasteiger partial charge is 0.264 e. The second-order valence-electron chi connectivity index (χ2n) is 3.81. The van der Waals surface area contributed by atoms with Gasteiger partial charge in [0, 0.05) is 12.4 Å². The van der Waals surface area contributed by atoms with E-state index in [4.69, 9.17) is 0 Å². The molecule has 0 aromatic carbocycles. The van der Waals surface area contributed by atoms with Crippen LogP contribution in [0.3, 0.4) is 0 Å². The molecule has 0 aliphatic rings. The molecule has 16 heavy (non-hydrogen) atoms. The zero-order chi connectivity index (χ0) is 12.6. The van der Waals surface area contributed by atoms with Gasteiger partial charge in [0.1, 0.15) is 0 Å². The Bertz CT molecular complexity index is 427. The van der Waals surface area contributed by atoms with Crippen LogP contribution in [0.1, 0.15) is 34.6 Å². The average molecular weight is 217 g/mol. The Labute approximate surface area is 99.2 Å². The van der Waals surface area contributed by atoms with Crippen molar-refractivity contribution < 1.29 is 0 Å². The minimum atomic E-state index is 0.594. The van der Waals surface area contributed by atoms with Crippen LogP contribution in [-0.2, 0) is 0 Å². The number of rotatable bonds is 2. The van der Waals surface area contributed by atoms with Crippen LogP contribution in [0.15, 0.2) is 30.1 Å². The molecule has 88 valence electrons. The van der Waals surface area contributed by atoms with E-state index in [0.29, 0.717) is 5.92 Å². The topological polar surface area (TPSA) is 12.9 Å². The van der Waals surface area contributed by atoms with E-state index >= 15 is 0 Å². The van der Waals surface area contributed by atoms with Gasteiger partial charge in [-0.1, -0.05) is 52.0 Å². The normalized spacial score (nSPS) is 12.4. The van der Waals surface area contributed by atoms with Crippen LogP contribution < -0.4 is 10.4 Å². The van der Waals surface area contributed by atoms with Gasteiger partial charge in [-0.3, -0.25) is 4.98 Å². The molecule has 0 saturated carbocycles. The SMILES string of the molecule is C=c1ccnc/c1=C/C=C(\C)C(C)C.CC. The van der Waals surface area contributed by atoms with E-state index in [-0.39, 0.29) is 0 Å². The highest BCUT2D eigenvalue weighted by Crippen LogP contribution is 2.06. The van der Waals surface area contributed by atoms with Gasteiger partial charge in [0.05, 0.1) is 0 Å². The number of aromatic nitrogens is 1. The van der Waals surface area contributed by atoms with Crippen molar-refractivity contribution in [3.63, 3.8) is 0 Å². The Morgan fingerprint density at radius 3 is 2.50 bits per heavy atom. The zero-order valence-electron chi connectivity index (χ0n) is 11.1. The van der Waals surface area contributed by atoms with Crippen LogP contribution in [-0.4, -0.2) is 4.98 Å². The molecule has 0 spiro atoms. The van der Waals surface area contributed by atoms with Crippen molar-refractivity contribution in [3.8, 4) is 0 Å². The molecule has 0 bridgehead atoms. The summed E-state index contributed by atoms with van der Waals surface area (Å²) < 4.78 is 0. The van der Waals surface area contributed by atoms with Crippen LogP contribution in [0.2, 0.25) is 0 Å². The van der Waals surface area contributed by atoms with Crippen LogP contribution in [0.5, 0.6) is 0 Å². The van der Waals surface area contributed by atoms with Gasteiger partial charge in [0.15, 0.2) is 0 Å². The molecule has 0 unspecified atom stereocenters. The van der Waals surface area contributed by atoms with E-state index in [2.05, 4.69) is 44.5 Å². The van der Waals surface area contributed by atoms with E-state index in [1.54, 1.807) is 6.20 Å². The number of nitrogens with zero attached hydrogens (tertiary/aromatic N) is 1. The molecular formula is C15H23N. The van der Waals surface area contributed by atoms with Gasteiger partial charge >= 0.3 is 0 Å². The summed E-state index contributed by atoms with van der Waals surface area (Å²) in [6, 6.07) is 1.92. The van der Waals surface area contributed by atoms with Crippen molar-refractivity contribution in [1.82, 2.24) is 4.98 Å². The van der Waals surface area contributed by atoms with Crippen molar-refractivity contribution >= 4 is 12.7 Å². The molecule has 1 heteroatoms. The lowest BCUT2D eigenvalue weighted by atomic mass is 10.1.